The lowest BCUT2D eigenvalue weighted by molar-refractivity contribution is -0.126. The minimum absolute atomic E-state index is 0.0261. The summed E-state index contributed by atoms with van der Waals surface area (Å²) in [5.41, 5.74) is 3.00. The lowest BCUT2D eigenvalue weighted by atomic mass is 9.76. The molecule has 0 heterocycles. The van der Waals surface area contributed by atoms with Crippen molar-refractivity contribution in [3.8, 4) is 5.75 Å². The molecular weight excluding hydrogens is 568 g/mol. The number of halogens is 1. The maximum atomic E-state index is 13.4. The maximum Gasteiger partial charge on any atom is 0.265 e. The summed E-state index contributed by atoms with van der Waals surface area (Å²) in [6.07, 6.45) is 1.40. The van der Waals surface area contributed by atoms with Crippen LogP contribution in [0.3, 0.4) is 0 Å². The van der Waals surface area contributed by atoms with E-state index in [9.17, 15) is 14.4 Å². The van der Waals surface area contributed by atoms with E-state index in [2.05, 4.69) is 64.3 Å². The van der Waals surface area contributed by atoms with E-state index in [1.165, 1.54) is 17.3 Å². The molecule has 0 radical (unpaired) electrons. The highest BCUT2D eigenvalue weighted by molar-refractivity contribution is 8.01. The van der Waals surface area contributed by atoms with E-state index in [0.29, 0.717) is 28.6 Å². The minimum atomic E-state index is -0.730. The number of ketones is 1. The van der Waals surface area contributed by atoms with Crippen molar-refractivity contribution in [2.45, 2.75) is 117 Å². The molecule has 2 rings (SSSR count). The molecule has 0 aliphatic heterocycles. The molecule has 1 unspecified atom stereocenters. The van der Waals surface area contributed by atoms with Crippen molar-refractivity contribution in [3.05, 3.63) is 52.5 Å². The second-order valence-electron chi connectivity index (χ2n) is 12.5. The zero-order chi connectivity index (χ0) is 31.9. The van der Waals surface area contributed by atoms with Gasteiger partial charge in [0.2, 0.25) is 5.91 Å². The van der Waals surface area contributed by atoms with E-state index in [-0.39, 0.29) is 28.9 Å². The smallest absolute Gasteiger partial charge is 0.265 e. The van der Waals surface area contributed by atoms with Crippen molar-refractivity contribution < 1.29 is 19.1 Å². The Bertz CT molecular complexity index is 1270. The summed E-state index contributed by atoms with van der Waals surface area (Å²) in [6.45, 7) is 20.7. The molecule has 2 aromatic rings. The van der Waals surface area contributed by atoms with E-state index in [1.54, 1.807) is 18.2 Å². The van der Waals surface area contributed by atoms with Gasteiger partial charge in [0.25, 0.3) is 5.91 Å². The van der Waals surface area contributed by atoms with Crippen LogP contribution in [-0.2, 0) is 25.2 Å². The van der Waals surface area contributed by atoms with Gasteiger partial charge in [0.15, 0.2) is 11.9 Å². The van der Waals surface area contributed by atoms with Gasteiger partial charge in [0.05, 0.1) is 21.9 Å². The molecule has 42 heavy (non-hydrogen) atoms. The van der Waals surface area contributed by atoms with Crippen molar-refractivity contribution in [3.63, 3.8) is 0 Å². The highest BCUT2D eigenvalue weighted by Gasteiger charge is 2.30. The first kappa shape index (κ1) is 35.7. The number of Topliss-reactive ketones (excluding diaryl/α,β-unsaturated/α-hetero) is 1. The zero-order valence-electron chi connectivity index (χ0n) is 27.0. The molecule has 8 heteroatoms. The monoisotopic (exact) mass is 616 g/mol. The average molecular weight is 617 g/mol. The molecular formula is C34H49ClN2O4S. The van der Waals surface area contributed by atoms with Crippen LogP contribution in [0.4, 0.5) is 11.4 Å². The van der Waals surface area contributed by atoms with Crippen LogP contribution >= 0.6 is 23.4 Å². The van der Waals surface area contributed by atoms with Gasteiger partial charge in [-0.25, -0.2) is 0 Å². The quantitative estimate of drug-likeness (QED) is 0.195. The second kappa shape index (κ2) is 14.8. The molecule has 0 saturated heterocycles. The third kappa shape index (κ3) is 9.24. The fraction of sp³-hybridized carbons (Fsp3) is 0.559. The second-order valence-corrected chi connectivity index (χ2v) is 14.8. The van der Waals surface area contributed by atoms with Crippen molar-refractivity contribution in [1.29, 1.82) is 0 Å². The molecule has 0 saturated carbocycles. The third-order valence-corrected chi connectivity index (χ3v) is 9.76. The Morgan fingerprint density at radius 2 is 1.52 bits per heavy atom. The van der Waals surface area contributed by atoms with Gasteiger partial charge in [-0.15, -0.1) is 11.8 Å². The first-order chi connectivity index (χ1) is 19.5. The lowest BCUT2D eigenvalue weighted by Crippen LogP contribution is -2.33. The molecule has 0 spiro atoms. The number of hydrogen-bond acceptors (Lipinski definition) is 5. The Balaban J connectivity index is 2.24. The first-order valence-electron chi connectivity index (χ1n) is 14.9. The summed E-state index contributed by atoms with van der Waals surface area (Å²) >= 11 is 7.84. The molecule has 0 aliphatic rings. The molecule has 0 fully saturated rings. The topological polar surface area (TPSA) is 84.5 Å². The Morgan fingerprint density at radius 1 is 0.881 bits per heavy atom. The lowest BCUT2D eigenvalue weighted by Gasteiger charge is -2.31. The maximum absolute atomic E-state index is 13.4. The number of benzene rings is 2. The largest absolute Gasteiger partial charge is 0.480 e. The molecule has 0 aromatic heterocycles. The van der Waals surface area contributed by atoms with Gasteiger partial charge in [-0.1, -0.05) is 79.1 Å². The summed E-state index contributed by atoms with van der Waals surface area (Å²) < 4.78 is 5.73. The number of hydrogen-bond donors (Lipinski definition) is 2. The van der Waals surface area contributed by atoms with E-state index in [4.69, 9.17) is 16.3 Å². The predicted molar refractivity (Wildman–Crippen MR) is 178 cm³/mol. The van der Waals surface area contributed by atoms with Gasteiger partial charge in [0, 0.05) is 11.3 Å². The first-order valence-corrected chi connectivity index (χ1v) is 16.3. The van der Waals surface area contributed by atoms with Crippen molar-refractivity contribution in [2.75, 3.05) is 16.4 Å². The van der Waals surface area contributed by atoms with Crippen LogP contribution in [0.15, 0.2) is 36.4 Å². The molecule has 2 aromatic carbocycles. The van der Waals surface area contributed by atoms with Crippen LogP contribution in [-0.4, -0.2) is 34.2 Å². The van der Waals surface area contributed by atoms with Crippen LogP contribution in [0.2, 0.25) is 5.02 Å². The number of ether oxygens (including phenoxy) is 1. The van der Waals surface area contributed by atoms with E-state index >= 15 is 0 Å². The highest BCUT2D eigenvalue weighted by atomic mass is 35.5. The molecule has 6 nitrogen and oxygen atoms in total. The van der Waals surface area contributed by atoms with Gasteiger partial charge >= 0.3 is 0 Å². The Hall–Kier alpha value is -2.51. The normalized spacial score (nSPS) is 12.9. The highest BCUT2D eigenvalue weighted by Crippen LogP contribution is 2.39. The van der Waals surface area contributed by atoms with Gasteiger partial charge in [-0.05, 0) is 79.5 Å². The average Bonchev–Trinajstić information content (AvgIpc) is 2.93. The van der Waals surface area contributed by atoms with Crippen molar-refractivity contribution in [1.82, 2.24) is 0 Å². The number of amides is 2. The van der Waals surface area contributed by atoms with Crippen LogP contribution in [0.25, 0.3) is 0 Å². The molecule has 2 amide bonds. The van der Waals surface area contributed by atoms with Crippen molar-refractivity contribution >= 4 is 52.3 Å². The number of rotatable bonds is 15. The SMILES string of the molecule is CCSC(C)(C)C(=O)CC(=O)Nc1cc(NC(=O)C(CC)Oc2ccc(C(C)(C)CC)cc2C(C)(C)CC)ccc1Cl. The van der Waals surface area contributed by atoms with Crippen molar-refractivity contribution in [2.24, 2.45) is 0 Å². The van der Waals surface area contributed by atoms with Crippen LogP contribution < -0.4 is 15.4 Å². The van der Waals surface area contributed by atoms with Gasteiger partial charge in [-0.2, -0.15) is 0 Å². The number of thioether (sulfide) groups is 1. The van der Waals surface area contributed by atoms with E-state index in [1.807, 2.05) is 33.8 Å². The van der Waals surface area contributed by atoms with Crippen LogP contribution in [0.1, 0.15) is 106 Å². The summed E-state index contributed by atoms with van der Waals surface area (Å²) in [6, 6.07) is 11.2. The molecule has 0 aliphatic carbocycles. The number of anilines is 2. The Kier molecular flexibility index (Phi) is 12.6. The number of carbonyl (C=O) groups excluding carboxylic acids is 3. The molecule has 232 valence electrons. The van der Waals surface area contributed by atoms with E-state index < -0.39 is 16.8 Å². The summed E-state index contributed by atoms with van der Waals surface area (Å²) in [4.78, 5) is 38.6. The van der Waals surface area contributed by atoms with Crippen LogP contribution in [0, 0.1) is 0 Å². The molecule has 1 atom stereocenters. The van der Waals surface area contributed by atoms with Crippen LogP contribution in [0.5, 0.6) is 5.75 Å². The molecule has 2 N–H and O–H groups in total. The zero-order valence-corrected chi connectivity index (χ0v) is 28.6. The fourth-order valence-corrected chi connectivity index (χ4v) is 5.49. The third-order valence-electron chi connectivity index (χ3n) is 8.20. The molecule has 0 bridgehead atoms. The Morgan fingerprint density at radius 3 is 2.10 bits per heavy atom. The van der Waals surface area contributed by atoms with Gasteiger partial charge in [0.1, 0.15) is 5.75 Å². The summed E-state index contributed by atoms with van der Waals surface area (Å²) in [5, 5.41) is 5.94. The number of nitrogens with one attached hydrogen (secondary N) is 2. The Labute approximate surface area is 262 Å². The van der Waals surface area contributed by atoms with Gasteiger partial charge in [-0.3, -0.25) is 14.4 Å². The predicted octanol–water partition coefficient (Wildman–Crippen LogP) is 8.94. The van der Waals surface area contributed by atoms with E-state index in [0.717, 1.165) is 24.2 Å². The van der Waals surface area contributed by atoms with Gasteiger partial charge < -0.3 is 15.4 Å². The standard InChI is InChI=1S/C34H49ClN2O4S/c1-11-27(41-28-18-15-22(32(5,6)12-2)19-24(28)33(7,8)13-3)31(40)36-23-16-17-25(35)26(20-23)37-30(39)21-29(38)34(9,10)42-14-4/h15-20,27H,11-14,21H2,1-10H3,(H,36,40)(H,37,39). The summed E-state index contributed by atoms with van der Waals surface area (Å²) in [7, 11) is 0. The fourth-order valence-electron chi connectivity index (χ4n) is 4.37. The number of carbonyl (C=O) groups is 3. The summed E-state index contributed by atoms with van der Waals surface area (Å²) in [5.74, 6) is 0.565. The minimum Gasteiger partial charge on any atom is -0.480 e.